The Balaban J connectivity index is 0.00000182. The van der Waals surface area contributed by atoms with Crippen molar-refractivity contribution in [3.63, 3.8) is 0 Å². The fourth-order valence-electron chi connectivity index (χ4n) is 3.28. The topological polar surface area (TPSA) is 17.8 Å². The summed E-state index contributed by atoms with van der Waals surface area (Å²) in [5.41, 5.74) is 8.08. The van der Waals surface area contributed by atoms with Crippen molar-refractivity contribution in [1.29, 1.82) is 0 Å². The first-order chi connectivity index (χ1) is 11.6. The normalized spacial score (nSPS) is 10.7. The van der Waals surface area contributed by atoms with Gasteiger partial charge in [-0.25, -0.2) is 0 Å². The van der Waals surface area contributed by atoms with E-state index in [1.54, 1.807) is 0 Å². The molecule has 0 N–H and O–H groups in total. The molecular formula is C22H19IrN2-. The summed E-state index contributed by atoms with van der Waals surface area (Å²) in [5, 5.41) is 0. The van der Waals surface area contributed by atoms with E-state index in [-0.39, 0.29) is 20.1 Å². The number of para-hydroxylation sites is 1. The van der Waals surface area contributed by atoms with E-state index in [9.17, 15) is 0 Å². The van der Waals surface area contributed by atoms with Gasteiger partial charge < -0.3 is 4.57 Å². The fourth-order valence-corrected chi connectivity index (χ4v) is 3.28. The number of fused-ring (bicyclic) bond motifs is 1. The van der Waals surface area contributed by atoms with Crippen molar-refractivity contribution in [2.24, 2.45) is 0 Å². The third kappa shape index (κ3) is 3.06. The predicted molar refractivity (Wildman–Crippen MR) is 99.6 cm³/mol. The molecule has 3 aromatic carbocycles. The molecule has 0 aliphatic heterocycles. The fraction of sp³-hybridized carbons (Fsp3) is 0.136. The standard InChI is InChI=1S/C22H19N2.Ir/c1-15-12-13-19-20(14-15)24(21-16(2)8-7-9-17(21)3)22(23-19)18-10-5-4-6-11-18;/h4-10,12-14H,1-3H3;/q-1;. The van der Waals surface area contributed by atoms with Gasteiger partial charge in [-0.15, -0.1) is 35.9 Å². The Morgan fingerprint density at radius 1 is 0.880 bits per heavy atom. The predicted octanol–water partition coefficient (Wildman–Crippen LogP) is 5.42. The monoisotopic (exact) mass is 504 g/mol. The molecule has 4 rings (SSSR count). The number of rotatable bonds is 2. The molecule has 1 aromatic heterocycles. The van der Waals surface area contributed by atoms with Gasteiger partial charge >= 0.3 is 0 Å². The van der Waals surface area contributed by atoms with Crippen molar-refractivity contribution in [2.45, 2.75) is 20.8 Å². The van der Waals surface area contributed by atoms with Crippen LogP contribution in [0.3, 0.4) is 0 Å². The molecule has 1 radical (unpaired) electrons. The van der Waals surface area contributed by atoms with Crippen LogP contribution in [0.4, 0.5) is 0 Å². The van der Waals surface area contributed by atoms with E-state index < -0.39 is 0 Å². The third-order valence-corrected chi connectivity index (χ3v) is 4.42. The maximum atomic E-state index is 4.91. The van der Waals surface area contributed by atoms with Gasteiger partial charge in [0, 0.05) is 25.8 Å². The van der Waals surface area contributed by atoms with Crippen molar-refractivity contribution in [2.75, 3.05) is 0 Å². The molecule has 127 valence electrons. The zero-order valence-electron chi connectivity index (χ0n) is 14.5. The SMILES string of the molecule is Cc1ccc2nc(-c3[c-]cccc3)n(-c3c(C)cccc3C)c2c1.[Ir]. The van der Waals surface area contributed by atoms with E-state index in [0.717, 1.165) is 22.4 Å². The molecule has 1 heterocycles. The number of hydrogen-bond donors (Lipinski definition) is 0. The van der Waals surface area contributed by atoms with E-state index in [4.69, 9.17) is 4.98 Å². The molecular weight excluding hydrogens is 484 g/mol. The molecule has 4 aromatic rings. The number of aryl methyl sites for hydroxylation is 3. The molecule has 0 amide bonds. The molecule has 0 fully saturated rings. The first kappa shape index (κ1) is 17.6. The Morgan fingerprint density at radius 2 is 1.64 bits per heavy atom. The molecule has 0 bridgehead atoms. The zero-order valence-corrected chi connectivity index (χ0v) is 16.9. The van der Waals surface area contributed by atoms with Gasteiger partial charge in [-0.2, -0.15) is 0 Å². The Bertz CT molecular complexity index is 1010. The van der Waals surface area contributed by atoms with Gasteiger partial charge in [-0.1, -0.05) is 24.3 Å². The van der Waals surface area contributed by atoms with E-state index in [0.29, 0.717) is 0 Å². The maximum absolute atomic E-state index is 4.91. The van der Waals surface area contributed by atoms with Crippen LogP contribution in [-0.4, -0.2) is 9.55 Å². The zero-order chi connectivity index (χ0) is 16.7. The van der Waals surface area contributed by atoms with Crippen molar-refractivity contribution in [3.8, 4) is 17.1 Å². The summed E-state index contributed by atoms with van der Waals surface area (Å²) in [7, 11) is 0. The minimum atomic E-state index is 0. The second-order valence-corrected chi connectivity index (χ2v) is 6.28. The van der Waals surface area contributed by atoms with Crippen LogP contribution in [0.25, 0.3) is 28.1 Å². The van der Waals surface area contributed by atoms with Gasteiger partial charge in [0.25, 0.3) is 0 Å². The molecule has 0 saturated carbocycles. The Kier molecular flexibility index (Phi) is 4.89. The van der Waals surface area contributed by atoms with E-state index in [2.05, 4.69) is 73.9 Å². The third-order valence-electron chi connectivity index (χ3n) is 4.42. The summed E-state index contributed by atoms with van der Waals surface area (Å²) < 4.78 is 2.28. The summed E-state index contributed by atoms with van der Waals surface area (Å²) >= 11 is 0. The minimum absolute atomic E-state index is 0. The number of benzene rings is 3. The van der Waals surface area contributed by atoms with Crippen molar-refractivity contribution in [3.05, 3.63) is 83.4 Å². The first-order valence-electron chi connectivity index (χ1n) is 8.18. The summed E-state index contributed by atoms with van der Waals surface area (Å²) in [4.78, 5) is 4.91. The smallest absolute Gasteiger partial charge is 0.0774 e. The van der Waals surface area contributed by atoms with Crippen molar-refractivity contribution >= 4 is 11.0 Å². The summed E-state index contributed by atoms with van der Waals surface area (Å²) in [5.74, 6) is 0.939. The number of aromatic nitrogens is 2. The van der Waals surface area contributed by atoms with Crippen LogP contribution in [0.15, 0.2) is 60.7 Å². The van der Waals surface area contributed by atoms with Gasteiger partial charge in [0.2, 0.25) is 0 Å². The number of hydrogen-bond acceptors (Lipinski definition) is 1. The van der Waals surface area contributed by atoms with E-state index >= 15 is 0 Å². The second-order valence-electron chi connectivity index (χ2n) is 6.28. The number of imidazole rings is 1. The molecule has 0 spiro atoms. The minimum Gasteiger partial charge on any atom is -0.333 e. The molecule has 2 nitrogen and oxygen atoms in total. The Labute approximate surface area is 161 Å². The quantitative estimate of drug-likeness (QED) is 0.334. The Morgan fingerprint density at radius 3 is 2.32 bits per heavy atom. The molecule has 0 unspecified atom stereocenters. The Hall–Kier alpha value is -2.22. The van der Waals surface area contributed by atoms with E-state index in [1.165, 1.54) is 22.4 Å². The van der Waals surface area contributed by atoms with Gasteiger partial charge in [0.1, 0.15) is 0 Å². The maximum Gasteiger partial charge on any atom is 0.0774 e. The average Bonchev–Trinajstić information content (AvgIpc) is 2.94. The van der Waals surface area contributed by atoms with Crippen molar-refractivity contribution in [1.82, 2.24) is 9.55 Å². The van der Waals surface area contributed by atoms with Crippen LogP contribution in [0.1, 0.15) is 16.7 Å². The van der Waals surface area contributed by atoms with Gasteiger partial charge in [-0.05, 0) is 49.6 Å². The average molecular weight is 504 g/mol. The van der Waals surface area contributed by atoms with Crippen LogP contribution in [0.5, 0.6) is 0 Å². The summed E-state index contributed by atoms with van der Waals surface area (Å²) in [6.45, 7) is 6.43. The number of nitrogens with zero attached hydrogens (tertiary/aromatic N) is 2. The van der Waals surface area contributed by atoms with Crippen LogP contribution in [0, 0.1) is 26.8 Å². The molecule has 3 heteroatoms. The van der Waals surface area contributed by atoms with Crippen LogP contribution >= 0.6 is 0 Å². The van der Waals surface area contributed by atoms with Crippen LogP contribution < -0.4 is 0 Å². The molecule has 25 heavy (non-hydrogen) atoms. The molecule has 0 atom stereocenters. The van der Waals surface area contributed by atoms with Crippen LogP contribution in [-0.2, 0) is 20.1 Å². The van der Waals surface area contributed by atoms with Crippen molar-refractivity contribution < 1.29 is 20.1 Å². The summed E-state index contributed by atoms with van der Waals surface area (Å²) in [6.07, 6.45) is 0. The van der Waals surface area contributed by atoms with E-state index in [1.807, 2.05) is 18.2 Å². The molecule has 0 saturated heterocycles. The first-order valence-corrected chi connectivity index (χ1v) is 8.18. The molecule has 0 aliphatic rings. The van der Waals surface area contributed by atoms with Gasteiger partial charge in [-0.3, -0.25) is 4.98 Å². The largest absolute Gasteiger partial charge is 0.333 e. The molecule has 0 aliphatic carbocycles. The second kappa shape index (κ2) is 6.95. The summed E-state index contributed by atoms with van der Waals surface area (Å²) in [6, 6.07) is 24.2. The van der Waals surface area contributed by atoms with Crippen LogP contribution in [0.2, 0.25) is 0 Å². The van der Waals surface area contributed by atoms with Gasteiger partial charge in [0.05, 0.1) is 16.9 Å². The van der Waals surface area contributed by atoms with Gasteiger partial charge in [0.15, 0.2) is 0 Å².